The Morgan fingerprint density at radius 1 is 1.52 bits per heavy atom. The molecule has 8 heteroatoms. The van der Waals surface area contributed by atoms with Gasteiger partial charge in [0.05, 0.1) is 18.3 Å². The lowest BCUT2D eigenvalue weighted by atomic mass is 10.2. The van der Waals surface area contributed by atoms with E-state index in [-0.39, 0.29) is 17.9 Å². The van der Waals surface area contributed by atoms with Crippen molar-refractivity contribution in [3.05, 3.63) is 51.0 Å². The largest absolute Gasteiger partial charge is 0.495 e. The molecule has 2 aromatic rings. The third kappa shape index (κ3) is 3.51. The minimum absolute atomic E-state index is 0.0921. The molecule has 1 aromatic carbocycles. The van der Waals surface area contributed by atoms with Crippen LogP contribution in [0, 0.1) is 0 Å². The average molecular weight is 310 g/mol. The van der Waals surface area contributed by atoms with Crippen LogP contribution in [0.1, 0.15) is 15.9 Å². The number of rotatable bonds is 5. The monoisotopic (exact) mass is 309 g/mol. The summed E-state index contributed by atoms with van der Waals surface area (Å²) in [7, 11) is 1.51. The number of hydrogen-bond acceptors (Lipinski definition) is 5. The summed E-state index contributed by atoms with van der Waals surface area (Å²) in [5.41, 5.74) is 0.0549. The summed E-state index contributed by atoms with van der Waals surface area (Å²) in [6, 6.07) is 5.16. The standard InChI is InChI=1S/C13H12ClN3O4/c1-21-10-3-2-7(4-9(10)14)5-15-11-8(12(18)19)6-16-13(20)17-11/h2-4,6H,5H2,1H3,(H,18,19)(H2,15,16,17,20). The molecule has 3 N–H and O–H groups in total. The molecule has 0 atom stereocenters. The van der Waals surface area contributed by atoms with Crippen molar-refractivity contribution in [2.24, 2.45) is 0 Å². The predicted molar refractivity (Wildman–Crippen MR) is 77.1 cm³/mol. The fourth-order valence-electron chi connectivity index (χ4n) is 1.71. The summed E-state index contributed by atoms with van der Waals surface area (Å²) in [5.74, 6) is -0.549. The first-order valence-electron chi connectivity index (χ1n) is 5.90. The molecule has 0 aliphatic heterocycles. The Morgan fingerprint density at radius 2 is 2.29 bits per heavy atom. The summed E-state index contributed by atoms with van der Waals surface area (Å²) in [4.78, 5) is 28.0. The van der Waals surface area contributed by atoms with Crippen LogP contribution >= 0.6 is 11.6 Å². The number of carboxylic acids is 1. The van der Waals surface area contributed by atoms with Crippen LogP contribution in [0.25, 0.3) is 0 Å². The zero-order valence-electron chi connectivity index (χ0n) is 11.0. The van der Waals surface area contributed by atoms with Gasteiger partial charge in [-0.25, -0.2) is 14.6 Å². The average Bonchev–Trinajstić information content (AvgIpc) is 2.45. The number of benzene rings is 1. The molecule has 110 valence electrons. The van der Waals surface area contributed by atoms with Gasteiger partial charge in [-0.2, -0.15) is 0 Å². The molecule has 0 fully saturated rings. The van der Waals surface area contributed by atoms with Gasteiger partial charge in [0, 0.05) is 6.54 Å². The van der Waals surface area contributed by atoms with Crippen LogP contribution in [0.2, 0.25) is 5.02 Å². The normalized spacial score (nSPS) is 10.2. The van der Waals surface area contributed by atoms with Gasteiger partial charge in [-0.1, -0.05) is 17.7 Å². The van der Waals surface area contributed by atoms with E-state index in [2.05, 4.69) is 15.3 Å². The van der Waals surface area contributed by atoms with Gasteiger partial charge in [0.25, 0.3) is 0 Å². The highest BCUT2D eigenvalue weighted by Gasteiger charge is 2.11. The molecule has 0 amide bonds. The van der Waals surface area contributed by atoms with Crippen molar-refractivity contribution in [1.29, 1.82) is 0 Å². The summed E-state index contributed by atoms with van der Waals surface area (Å²) >= 11 is 6.00. The number of nitrogens with one attached hydrogen (secondary N) is 2. The van der Waals surface area contributed by atoms with Crippen LogP contribution < -0.4 is 15.7 Å². The first kappa shape index (κ1) is 14.9. The van der Waals surface area contributed by atoms with Crippen molar-refractivity contribution >= 4 is 23.4 Å². The molecule has 1 aromatic heterocycles. The second-order valence-corrected chi connectivity index (χ2v) is 4.51. The van der Waals surface area contributed by atoms with Crippen LogP contribution in [0.4, 0.5) is 5.82 Å². The Hall–Kier alpha value is -2.54. The Kier molecular flexibility index (Phi) is 4.44. The number of ether oxygens (including phenoxy) is 1. The van der Waals surface area contributed by atoms with E-state index in [1.54, 1.807) is 18.2 Å². The molecule has 7 nitrogen and oxygen atoms in total. The lowest BCUT2D eigenvalue weighted by Crippen LogP contribution is -2.17. The van der Waals surface area contributed by atoms with Crippen molar-refractivity contribution in [1.82, 2.24) is 9.97 Å². The third-order valence-corrected chi connectivity index (χ3v) is 3.02. The first-order chi connectivity index (χ1) is 10.0. The summed E-state index contributed by atoms with van der Waals surface area (Å²) in [6.07, 6.45) is 1.00. The molecular weight excluding hydrogens is 298 g/mol. The number of nitrogens with zero attached hydrogens (tertiary/aromatic N) is 1. The number of carboxylic acid groups (broad SMARTS) is 1. The van der Waals surface area contributed by atoms with Gasteiger partial charge in [0.15, 0.2) is 0 Å². The second kappa shape index (κ2) is 6.27. The van der Waals surface area contributed by atoms with Crippen LogP contribution in [0.3, 0.4) is 0 Å². The quantitative estimate of drug-likeness (QED) is 0.777. The fraction of sp³-hybridized carbons (Fsp3) is 0.154. The Balaban J connectivity index is 2.20. The van der Waals surface area contributed by atoms with E-state index in [0.29, 0.717) is 10.8 Å². The van der Waals surface area contributed by atoms with E-state index < -0.39 is 11.7 Å². The topological polar surface area (TPSA) is 104 Å². The molecule has 0 bridgehead atoms. The van der Waals surface area contributed by atoms with E-state index in [1.165, 1.54) is 7.11 Å². The highest BCUT2D eigenvalue weighted by atomic mass is 35.5. The molecule has 0 saturated carbocycles. The highest BCUT2D eigenvalue weighted by molar-refractivity contribution is 6.32. The number of H-pyrrole nitrogens is 1. The fourth-order valence-corrected chi connectivity index (χ4v) is 1.99. The maximum atomic E-state index is 11.2. The number of aromatic nitrogens is 2. The first-order valence-corrected chi connectivity index (χ1v) is 6.28. The smallest absolute Gasteiger partial charge is 0.346 e. The van der Waals surface area contributed by atoms with Crippen LogP contribution in [-0.2, 0) is 6.54 Å². The van der Waals surface area contributed by atoms with Gasteiger partial charge in [-0.05, 0) is 17.7 Å². The van der Waals surface area contributed by atoms with Crippen molar-refractivity contribution in [3.8, 4) is 5.75 Å². The van der Waals surface area contributed by atoms with E-state index in [9.17, 15) is 9.59 Å². The van der Waals surface area contributed by atoms with Gasteiger partial charge < -0.3 is 15.2 Å². The SMILES string of the molecule is COc1ccc(CNc2[nH]c(=O)ncc2C(=O)O)cc1Cl. The van der Waals surface area contributed by atoms with Crippen LogP contribution in [-0.4, -0.2) is 28.2 Å². The molecule has 0 spiro atoms. The van der Waals surface area contributed by atoms with Crippen molar-refractivity contribution < 1.29 is 14.6 Å². The zero-order chi connectivity index (χ0) is 15.4. The maximum absolute atomic E-state index is 11.2. The molecule has 2 rings (SSSR count). The van der Waals surface area contributed by atoms with Gasteiger partial charge in [0.2, 0.25) is 0 Å². The summed E-state index contributed by atoms with van der Waals surface area (Å²) in [5, 5.41) is 12.3. The number of anilines is 1. The second-order valence-electron chi connectivity index (χ2n) is 4.10. The zero-order valence-corrected chi connectivity index (χ0v) is 11.8. The minimum atomic E-state index is -1.19. The van der Waals surface area contributed by atoms with E-state index >= 15 is 0 Å². The van der Waals surface area contributed by atoms with Gasteiger partial charge in [-0.15, -0.1) is 0 Å². The molecule has 0 saturated heterocycles. The van der Waals surface area contributed by atoms with Crippen LogP contribution in [0.15, 0.2) is 29.2 Å². The number of methoxy groups -OCH3 is 1. The molecule has 0 aliphatic rings. The lowest BCUT2D eigenvalue weighted by molar-refractivity contribution is 0.0697. The number of halogens is 1. The predicted octanol–water partition coefficient (Wildman–Crippen LogP) is 1.74. The van der Waals surface area contributed by atoms with E-state index in [0.717, 1.165) is 11.8 Å². The third-order valence-electron chi connectivity index (χ3n) is 2.73. The number of hydrogen-bond donors (Lipinski definition) is 3. The minimum Gasteiger partial charge on any atom is -0.495 e. The highest BCUT2D eigenvalue weighted by Crippen LogP contribution is 2.25. The number of aromatic amines is 1. The van der Waals surface area contributed by atoms with Gasteiger partial charge in [0.1, 0.15) is 17.1 Å². The summed E-state index contributed by atoms with van der Waals surface area (Å²) < 4.78 is 5.04. The van der Waals surface area contributed by atoms with Crippen LogP contribution in [0.5, 0.6) is 5.75 Å². The summed E-state index contributed by atoms with van der Waals surface area (Å²) in [6.45, 7) is 0.282. The molecule has 1 heterocycles. The number of carbonyl (C=O) groups is 1. The van der Waals surface area contributed by atoms with E-state index in [1.807, 2.05) is 0 Å². The van der Waals surface area contributed by atoms with Gasteiger partial charge >= 0.3 is 11.7 Å². The molecule has 21 heavy (non-hydrogen) atoms. The molecule has 0 radical (unpaired) electrons. The number of aromatic carboxylic acids is 1. The van der Waals surface area contributed by atoms with Crippen molar-refractivity contribution in [2.75, 3.05) is 12.4 Å². The van der Waals surface area contributed by atoms with Gasteiger partial charge in [-0.3, -0.25) is 4.98 Å². The van der Waals surface area contributed by atoms with Crippen molar-refractivity contribution in [3.63, 3.8) is 0 Å². The Bertz CT molecular complexity index is 730. The lowest BCUT2D eigenvalue weighted by Gasteiger charge is -2.10. The maximum Gasteiger partial charge on any atom is 0.346 e. The van der Waals surface area contributed by atoms with Crippen molar-refractivity contribution in [2.45, 2.75) is 6.54 Å². The molecule has 0 aliphatic carbocycles. The Morgan fingerprint density at radius 3 is 2.90 bits per heavy atom. The molecular formula is C13H12ClN3O4. The molecule has 0 unspecified atom stereocenters. The van der Waals surface area contributed by atoms with E-state index in [4.69, 9.17) is 21.4 Å². The Labute approximate surface area is 124 Å².